The van der Waals surface area contributed by atoms with Gasteiger partial charge in [0.25, 0.3) is 0 Å². The fourth-order valence-electron chi connectivity index (χ4n) is 1.39. The second kappa shape index (κ2) is 7.71. The number of pyridine rings is 1. The molecule has 1 amide bonds. The van der Waals surface area contributed by atoms with Gasteiger partial charge in [0.05, 0.1) is 0 Å². The maximum atomic E-state index is 11.9. The summed E-state index contributed by atoms with van der Waals surface area (Å²) in [6, 6.07) is 4.43. The maximum absolute atomic E-state index is 11.9. The topological polar surface area (TPSA) is 112 Å². The van der Waals surface area contributed by atoms with Crippen molar-refractivity contribution < 1.29 is 13.2 Å². The number of amides is 1. The van der Waals surface area contributed by atoms with Crippen LogP contribution in [0.1, 0.15) is 26.0 Å². The molecule has 0 radical (unpaired) electrons. The zero-order chi connectivity index (χ0) is 15.9. The van der Waals surface area contributed by atoms with E-state index in [0.717, 1.165) is 6.20 Å². The maximum Gasteiger partial charge on any atom is 0.242 e. The van der Waals surface area contributed by atoms with E-state index in [1.807, 2.05) is 19.9 Å². The normalized spacial score (nSPS) is 11.1. The molecule has 21 heavy (non-hydrogen) atoms. The highest BCUT2D eigenvalue weighted by molar-refractivity contribution is 7.89. The fraction of sp³-hybridized carbons (Fsp3) is 0.462. The highest BCUT2D eigenvalue weighted by Gasteiger charge is 2.14. The first kappa shape index (κ1) is 17.1. The zero-order valence-corrected chi connectivity index (χ0v) is 12.8. The number of sulfonamides is 1. The molecule has 1 rings (SSSR count). The van der Waals surface area contributed by atoms with E-state index < -0.39 is 10.0 Å². The molecule has 8 heteroatoms. The first-order chi connectivity index (χ1) is 9.85. The predicted octanol–water partition coefficient (Wildman–Crippen LogP) is 0.394. The third-order valence-corrected chi connectivity index (χ3v) is 3.96. The minimum Gasteiger partial charge on any atom is -0.356 e. The van der Waals surface area contributed by atoms with Crippen LogP contribution in [0, 0.1) is 17.2 Å². The third-order valence-electron chi connectivity index (χ3n) is 2.51. The summed E-state index contributed by atoms with van der Waals surface area (Å²) in [5.41, 5.74) is 0.141. The fourth-order valence-corrected chi connectivity index (χ4v) is 2.37. The van der Waals surface area contributed by atoms with Crippen LogP contribution in [0.25, 0.3) is 0 Å². The van der Waals surface area contributed by atoms with Crippen molar-refractivity contribution in [3.05, 3.63) is 24.0 Å². The van der Waals surface area contributed by atoms with Crippen molar-refractivity contribution in [3.63, 3.8) is 0 Å². The van der Waals surface area contributed by atoms with Crippen LogP contribution in [-0.2, 0) is 14.8 Å². The van der Waals surface area contributed by atoms with Gasteiger partial charge in [-0.05, 0) is 18.1 Å². The Labute approximate surface area is 124 Å². The molecule has 0 atom stereocenters. The molecule has 0 bridgehead atoms. The van der Waals surface area contributed by atoms with Crippen molar-refractivity contribution in [2.24, 2.45) is 5.92 Å². The number of nitrogens with zero attached hydrogens (tertiary/aromatic N) is 2. The lowest BCUT2D eigenvalue weighted by molar-refractivity contribution is -0.121. The van der Waals surface area contributed by atoms with E-state index in [1.54, 1.807) is 0 Å². The molecule has 2 N–H and O–H groups in total. The number of carbonyl (C=O) groups is 1. The Morgan fingerprint density at radius 2 is 2.14 bits per heavy atom. The van der Waals surface area contributed by atoms with E-state index in [4.69, 9.17) is 5.26 Å². The highest BCUT2D eigenvalue weighted by Crippen LogP contribution is 2.07. The first-order valence-electron chi connectivity index (χ1n) is 6.47. The minimum absolute atomic E-state index is 0.00621. The number of carbonyl (C=O) groups excluding carboxylic acids is 1. The van der Waals surface area contributed by atoms with E-state index in [-0.39, 0.29) is 29.5 Å². The van der Waals surface area contributed by atoms with Crippen molar-refractivity contribution in [1.29, 1.82) is 5.26 Å². The first-order valence-corrected chi connectivity index (χ1v) is 7.96. The van der Waals surface area contributed by atoms with Gasteiger partial charge in [-0.2, -0.15) is 5.26 Å². The van der Waals surface area contributed by atoms with Crippen LogP contribution in [0.5, 0.6) is 0 Å². The summed E-state index contributed by atoms with van der Waals surface area (Å²) in [6.07, 6.45) is 1.18. The summed E-state index contributed by atoms with van der Waals surface area (Å²) in [4.78, 5) is 15.1. The SMILES string of the molecule is CC(C)CNC(=O)CCNS(=O)(=O)c1ccc(C#N)nc1. The second-order valence-corrected chi connectivity index (χ2v) is 6.60. The molecule has 0 fully saturated rings. The molecule has 0 aliphatic heterocycles. The Bertz CT molecular complexity index is 618. The van der Waals surface area contributed by atoms with E-state index in [9.17, 15) is 13.2 Å². The van der Waals surface area contributed by atoms with Crippen molar-refractivity contribution in [1.82, 2.24) is 15.0 Å². The average Bonchev–Trinajstić information content (AvgIpc) is 2.45. The monoisotopic (exact) mass is 310 g/mol. The van der Waals surface area contributed by atoms with Gasteiger partial charge in [-0.1, -0.05) is 13.8 Å². The van der Waals surface area contributed by atoms with E-state index >= 15 is 0 Å². The van der Waals surface area contributed by atoms with E-state index in [0.29, 0.717) is 12.5 Å². The van der Waals surface area contributed by atoms with Gasteiger partial charge in [0, 0.05) is 25.7 Å². The summed E-state index contributed by atoms with van der Waals surface area (Å²) in [5, 5.41) is 11.3. The molecule has 0 saturated heterocycles. The van der Waals surface area contributed by atoms with E-state index in [2.05, 4.69) is 15.0 Å². The van der Waals surface area contributed by atoms with Crippen molar-refractivity contribution in [2.75, 3.05) is 13.1 Å². The molecular formula is C13H18N4O3S. The van der Waals surface area contributed by atoms with Crippen molar-refractivity contribution >= 4 is 15.9 Å². The number of nitriles is 1. The van der Waals surface area contributed by atoms with Crippen LogP contribution in [0.15, 0.2) is 23.2 Å². The van der Waals surface area contributed by atoms with Gasteiger partial charge < -0.3 is 5.32 Å². The summed E-state index contributed by atoms with van der Waals surface area (Å²) >= 11 is 0. The molecule has 1 heterocycles. The average molecular weight is 310 g/mol. The molecule has 0 unspecified atom stereocenters. The zero-order valence-electron chi connectivity index (χ0n) is 12.0. The van der Waals surface area contributed by atoms with Crippen LogP contribution in [-0.4, -0.2) is 32.4 Å². The lowest BCUT2D eigenvalue weighted by Gasteiger charge is -2.08. The molecule has 1 aromatic heterocycles. The molecule has 0 aromatic carbocycles. The second-order valence-electron chi connectivity index (χ2n) is 4.84. The van der Waals surface area contributed by atoms with Gasteiger partial charge in [-0.15, -0.1) is 0 Å². The lowest BCUT2D eigenvalue weighted by Crippen LogP contribution is -2.32. The van der Waals surface area contributed by atoms with Gasteiger partial charge in [-0.3, -0.25) is 4.79 Å². The van der Waals surface area contributed by atoms with Crippen LogP contribution < -0.4 is 10.0 Å². The molecule has 0 saturated carbocycles. The molecule has 0 aliphatic rings. The number of aromatic nitrogens is 1. The number of hydrogen-bond donors (Lipinski definition) is 2. The summed E-state index contributed by atoms with van der Waals surface area (Å²) in [5.74, 6) is 0.139. The van der Waals surface area contributed by atoms with Gasteiger partial charge in [0.2, 0.25) is 15.9 Å². The Morgan fingerprint density at radius 1 is 1.43 bits per heavy atom. The van der Waals surface area contributed by atoms with Crippen LogP contribution >= 0.6 is 0 Å². The summed E-state index contributed by atoms with van der Waals surface area (Å²) in [7, 11) is -3.71. The summed E-state index contributed by atoms with van der Waals surface area (Å²) < 4.78 is 26.1. The highest BCUT2D eigenvalue weighted by atomic mass is 32.2. The minimum atomic E-state index is -3.71. The molecule has 0 spiro atoms. The molecule has 7 nitrogen and oxygen atoms in total. The summed E-state index contributed by atoms with van der Waals surface area (Å²) in [6.45, 7) is 4.51. The Balaban J connectivity index is 2.49. The number of nitrogens with one attached hydrogen (secondary N) is 2. The standard InChI is InChI=1S/C13H18N4O3S/c1-10(2)8-16-13(18)5-6-17-21(19,20)12-4-3-11(7-14)15-9-12/h3-4,9-10,17H,5-6,8H2,1-2H3,(H,16,18). The van der Waals surface area contributed by atoms with Gasteiger partial charge >= 0.3 is 0 Å². The van der Waals surface area contributed by atoms with Gasteiger partial charge in [0.1, 0.15) is 16.7 Å². The smallest absolute Gasteiger partial charge is 0.242 e. The molecule has 1 aromatic rings. The van der Waals surface area contributed by atoms with Crippen LogP contribution in [0.3, 0.4) is 0 Å². The van der Waals surface area contributed by atoms with Gasteiger partial charge in [-0.25, -0.2) is 18.1 Å². The Morgan fingerprint density at radius 3 is 2.67 bits per heavy atom. The van der Waals surface area contributed by atoms with Gasteiger partial charge in [0.15, 0.2) is 0 Å². The van der Waals surface area contributed by atoms with Crippen molar-refractivity contribution in [3.8, 4) is 6.07 Å². The van der Waals surface area contributed by atoms with Crippen molar-refractivity contribution in [2.45, 2.75) is 25.2 Å². The number of hydrogen-bond acceptors (Lipinski definition) is 5. The lowest BCUT2D eigenvalue weighted by atomic mass is 10.2. The Hall–Kier alpha value is -1.98. The quantitative estimate of drug-likeness (QED) is 0.757. The van der Waals surface area contributed by atoms with Crippen LogP contribution in [0.4, 0.5) is 0 Å². The molecular weight excluding hydrogens is 292 g/mol. The van der Waals surface area contributed by atoms with E-state index in [1.165, 1.54) is 12.1 Å². The Kier molecular flexibility index (Phi) is 6.27. The molecule has 114 valence electrons. The third kappa shape index (κ3) is 5.89. The number of rotatable bonds is 7. The molecule has 0 aliphatic carbocycles. The predicted molar refractivity (Wildman–Crippen MR) is 76.6 cm³/mol. The van der Waals surface area contributed by atoms with Crippen LogP contribution in [0.2, 0.25) is 0 Å². The largest absolute Gasteiger partial charge is 0.356 e.